The van der Waals surface area contributed by atoms with Crippen LogP contribution in [0.25, 0.3) is 11.1 Å². The van der Waals surface area contributed by atoms with E-state index in [-0.39, 0.29) is 10.9 Å². The molecule has 1 aromatic carbocycles. The second-order valence-corrected chi connectivity index (χ2v) is 8.83. The number of hydrogen-bond donors (Lipinski definition) is 1. The van der Waals surface area contributed by atoms with Crippen LogP contribution in [0.3, 0.4) is 0 Å². The Morgan fingerprint density at radius 3 is 2.38 bits per heavy atom. The first-order valence-corrected chi connectivity index (χ1v) is 11.1. The molecule has 0 aliphatic heterocycles. The average Bonchev–Trinajstić information content (AvgIpc) is 2.88. The van der Waals surface area contributed by atoms with Crippen molar-refractivity contribution in [1.82, 2.24) is 4.72 Å². The summed E-state index contributed by atoms with van der Waals surface area (Å²) in [5.74, 6) is -0.358. The minimum Gasteiger partial charge on any atom is -0.465 e. The van der Waals surface area contributed by atoms with Crippen molar-refractivity contribution in [3.8, 4) is 11.1 Å². The molecule has 29 heavy (non-hydrogen) atoms. The molecule has 3 rings (SSSR count). The van der Waals surface area contributed by atoms with Gasteiger partial charge in [-0.05, 0) is 66.3 Å². The zero-order valence-corrected chi connectivity index (χ0v) is 17.6. The van der Waals surface area contributed by atoms with E-state index >= 15 is 0 Å². The fraction of sp³-hybridized carbons (Fsp3) is 0.227. The van der Waals surface area contributed by atoms with Gasteiger partial charge in [0.15, 0.2) is 0 Å². The maximum absolute atomic E-state index is 12.3. The van der Waals surface area contributed by atoms with Gasteiger partial charge in [-0.15, -0.1) is 0 Å². The second-order valence-electron chi connectivity index (χ2n) is 6.62. The molecular formula is C22H22ClNO4S. The highest BCUT2D eigenvalue weighted by molar-refractivity contribution is 7.89. The van der Waals surface area contributed by atoms with Gasteiger partial charge in [-0.1, -0.05) is 41.9 Å². The van der Waals surface area contributed by atoms with Gasteiger partial charge in [-0.2, -0.15) is 0 Å². The molecule has 0 saturated carbocycles. The monoisotopic (exact) mass is 431 g/mol. The highest BCUT2D eigenvalue weighted by Crippen LogP contribution is 2.33. The van der Waals surface area contributed by atoms with E-state index in [1.165, 1.54) is 19.2 Å². The Bertz CT molecular complexity index is 1060. The first-order chi connectivity index (χ1) is 13.9. The highest BCUT2D eigenvalue weighted by Gasteiger charge is 2.20. The number of methoxy groups -OCH3 is 1. The molecule has 7 heteroatoms. The summed E-state index contributed by atoms with van der Waals surface area (Å²) in [6, 6.07) is 17.6. The van der Waals surface area contributed by atoms with Gasteiger partial charge in [0.05, 0.1) is 17.6 Å². The number of unbranched alkanes of at least 4 members (excludes halogenated alkanes) is 1. The number of rotatable bonds is 8. The van der Waals surface area contributed by atoms with Crippen molar-refractivity contribution in [3.05, 3.63) is 76.8 Å². The molecule has 0 radical (unpaired) electrons. The van der Waals surface area contributed by atoms with E-state index in [4.69, 9.17) is 16.3 Å². The maximum atomic E-state index is 12.3. The SMILES string of the molecule is COC(=O)c1cc(CCCCNS(=O)(=O)c2ccc(Cl)cc2)c2cccccc1-2. The first-order valence-electron chi connectivity index (χ1n) is 9.26. The number of halogens is 1. The Balaban J connectivity index is 1.60. The first kappa shape index (κ1) is 21.3. The smallest absolute Gasteiger partial charge is 0.338 e. The van der Waals surface area contributed by atoms with Crippen LogP contribution in [0.4, 0.5) is 0 Å². The molecule has 0 aromatic heterocycles. The minimum absolute atomic E-state index is 0.194. The number of fused-ring (bicyclic) bond motifs is 1. The van der Waals surface area contributed by atoms with E-state index < -0.39 is 10.0 Å². The van der Waals surface area contributed by atoms with E-state index in [9.17, 15) is 13.2 Å². The Hall–Kier alpha value is -2.41. The van der Waals surface area contributed by atoms with Crippen LogP contribution in [0.15, 0.2) is 65.6 Å². The number of benzene rings is 1. The van der Waals surface area contributed by atoms with Crippen LogP contribution in [0.5, 0.6) is 0 Å². The van der Waals surface area contributed by atoms with E-state index in [1.54, 1.807) is 12.1 Å². The predicted molar refractivity (Wildman–Crippen MR) is 114 cm³/mol. The Morgan fingerprint density at radius 2 is 1.69 bits per heavy atom. The number of esters is 1. The molecule has 0 fully saturated rings. The van der Waals surface area contributed by atoms with Gasteiger partial charge in [-0.25, -0.2) is 17.9 Å². The van der Waals surface area contributed by atoms with Gasteiger partial charge in [0.25, 0.3) is 0 Å². The molecule has 1 aromatic rings. The molecule has 0 unspecified atom stereocenters. The van der Waals surface area contributed by atoms with E-state index in [0.717, 1.165) is 29.5 Å². The Morgan fingerprint density at radius 1 is 1.00 bits per heavy atom. The molecule has 0 bridgehead atoms. The van der Waals surface area contributed by atoms with Crippen LogP contribution in [0.2, 0.25) is 5.02 Å². The number of hydrogen-bond acceptors (Lipinski definition) is 4. The van der Waals surface area contributed by atoms with Gasteiger partial charge < -0.3 is 4.74 Å². The molecule has 0 amide bonds. The summed E-state index contributed by atoms with van der Waals surface area (Å²) in [5, 5.41) is 0.491. The molecule has 5 nitrogen and oxygen atoms in total. The Kier molecular flexibility index (Phi) is 6.90. The normalized spacial score (nSPS) is 11.5. The lowest BCUT2D eigenvalue weighted by Crippen LogP contribution is -2.24. The number of carbonyl (C=O) groups is 1. The summed E-state index contributed by atoms with van der Waals surface area (Å²) < 4.78 is 32.1. The third-order valence-electron chi connectivity index (χ3n) is 4.69. The van der Waals surface area contributed by atoms with Gasteiger partial charge >= 0.3 is 5.97 Å². The average molecular weight is 432 g/mol. The van der Waals surface area contributed by atoms with Gasteiger partial charge in [-0.3, -0.25) is 0 Å². The summed E-state index contributed by atoms with van der Waals surface area (Å²) in [7, 11) is -2.17. The zero-order chi connectivity index (χ0) is 20.9. The van der Waals surface area contributed by atoms with Crippen molar-refractivity contribution in [3.63, 3.8) is 0 Å². The van der Waals surface area contributed by atoms with Crippen molar-refractivity contribution in [2.24, 2.45) is 0 Å². The molecule has 2 aliphatic carbocycles. The van der Waals surface area contributed by atoms with E-state index in [0.29, 0.717) is 23.6 Å². The number of ether oxygens (including phenoxy) is 1. The Labute approximate surface area is 176 Å². The maximum Gasteiger partial charge on any atom is 0.338 e. The molecule has 0 atom stereocenters. The van der Waals surface area contributed by atoms with Crippen LogP contribution in [0.1, 0.15) is 28.8 Å². The lowest BCUT2D eigenvalue weighted by molar-refractivity contribution is 0.0602. The number of aryl methyl sites for hydroxylation is 1. The number of nitrogens with one attached hydrogen (secondary N) is 1. The highest BCUT2D eigenvalue weighted by atomic mass is 35.5. The van der Waals surface area contributed by atoms with Crippen molar-refractivity contribution in [2.45, 2.75) is 24.2 Å². The summed E-state index contributed by atoms with van der Waals surface area (Å²) in [6.07, 6.45) is 2.19. The number of carbonyl (C=O) groups excluding carboxylic acids is 1. The molecule has 152 valence electrons. The summed E-state index contributed by atoms with van der Waals surface area (Å²) in [4.78, 5) is 12.3. The van der Waals surface area contributed by atoms with Gasteiger partial charge in [0, 0.05) is 11.6 Å². The van der Waals surface area contributed by atoms with Crippen LogP contribution in [-0.4, -0.2) is 28.0 Å². The van der Waals surface area contributed by atoms with Crippen LogP contribution < -0.4 is 4.72 Å². The lowest BCUT2D eigenvalue weighted by Gasteiger charge is -2.07. The molecular weight excluding hydrogens is 410 g/mol. The summed E-state index contributed by atoms with van der Waals surface area (Å²) >= 11 is 5.80. The predicted octanol–water partition coefficient (Wildman–Crippen LogP) is 4.53. The second kappa shape index (κ2) is 9.39. The quantitative estimate of drug-likeness (QED) is 0.420. The molecule has 0 heterocycles. The van der Waals surface area contributed by atoms with Crippen molar-refractivity contribution in [2.75, 3.05) is 13.7 Å². The standard InChI is InChI=1S/C22H22ClNO4S/c1-28-22(25)21-15-16(19-8-3-2-4-9-20(19)21)7-5-6-14-24-29(26,27)18-12-10-17(23)11-13-18/h2-4,8-13,15,24H,5-7,14H2,1H3. The van der Waals surface area contributed by atoms with Crippen LogP contribution in [0, 0.1) is 0 Å². The summed E-state index contributed by atoms with van der Waals surface area (Å²) in [6.45, 7) is 0.335. The molecule has 2 aliphatic rings. The largest absolute Gasteiger partial charge is 0.465 e. The topological polar surface area (TPSA) is 72.5 Å². The van der Waals surface area contributed by atoms with E-state index in [1.807, 2.05) is 36.4 Å². The fourth-order valence-corrected chi connectivity index (χ4v) is 4.42. The van der Waals surface area contributed by atoms with Crippen molar-refractivity contribution >= 4 is 27.6 Å². The van der Waals surface area contributed by atoms with Gasteiger partial charge in [0.1, 0.15) is 0 Å². The fourth-order valence-electron chi connectivity index (χ4n) is 3.22. The van der Waals surface area contributed by atoms with Gasteiger partial charge in [0.2, 0.25) is 10.0 Å². The van der Waals surface area contributed by atoms with Crippen LogP contribution in [-0.2, 0) is 21.2 Å². The summed E-state index contributed by atoms with van der Waals surface area (Å²) in [5.41, 5.74) is 3.48. The third kappa shape index (κ3) is 5.15. The van der Waals surface area contributed by atoms with Crippen LogP contribution >= 0.6 is 11.6 Å². The molecule has 0 saturated heterocycles. The lowest BCUT2D eigenvalue weighted by atomic mass is 10.0. The number of sulfonamides is 1. The molecule has 0 spiro atoms. The van der Waals surface area contributed by atoms with Crippen molar-refractivity contribution in [1.29, 1.82) is 0 Å². The molecule has 1 N–H and O–H groups in total. The third-order valence-corrected chi connectivity index (χ3v) is 6.42. The minimum atomic E-state index is -3.55. The van der Waals surface area contributed by atoms with Crippen molar-refractivity contribution < 1.29 is 17.9 Å². The van der Waals surface area contributed by atoms with E-state index in [2.05, 4.69) is 4.72 Å². The zero-order valence-electron chi connectivity index (χ0n) is 16.0.